The third-order valence-electron chi connectivity index (χ3n) is 10.8. The van der Waals surface area contributed by atoms with Gasteiger partial charge in [0.15, 0.2) is 0 Å². The van der Waals surface area contributed by atoms with E-state index in [1.165, 1.54) is 44.9 Å². The Labute approximate surface area is 207 Å². The highest BCUT2D eigenvalue weighted by Crippen LogP contribution is 2.68. The highest BCUT2D eigenvalue weighted by atomic mass is 32.3. The van der Waals surface area contributed by atoms with Crippen molar-refractivity contribution >= 4 is 10.4 Å². The fourth-order valence-corrected chi connectivity index (χ4v) is 9.57. The van der Waals surface area contributed by atoms with Gasteiger partial charge in [-0.3, -0.25) is 9.54 Å². The number of aromatic nitrogens is 1. The molecule has 6 heteroatoms. The maximum atomic E-state index is 11.2. The lowest BCUT2D eigenvalue weighted by atomic mass is 9.44. The van der Waals surface area contributed by atoms with Crippen LogP contribution in [0.15, 0.2) is 30.6 Å². The van der Waals surface area contributed by atoms with E-state index >= 15 is 0 Å². The average Bonchev–Trinajstić information content (AvgIpc) is 3.17. The van der Waals surface area contributed by atoms with Gasteiger partial charge in [-0.2, -0.15) is 8.42 Å². The van der Waals surface area contributed by atoms with Crippen molar-refractivity contribution in [2.45, 2.75) is 98.0 Å². The Hall–Kier alpha value is -0.980. The molecule has 1 aromatic rings. The largest absolute Gasteiger partial charge is 0.397 e. The second-order valence-corrected chi connectivity index (χ2v) is 13.3. The molecule has 1 heterocycles. The first-order chi connectivity index (χ1) is 16.1. The highest BCUT2D eigenvalue weighted by molar-refractivity contribution is 7.80. The van der Waals surface area contributed by atoms with E-state index in [-0.39, 0.29) is 6.10 Å². The molecule has 5 rings (SSSR count). The predicted octanol–water partition coefficient (Wildman–Crippen LogP) is 6.96. The number of rotatable bonds is 4. The summed E-state index contributed by atoms with van der Waals surface area (Å²) in [7, 11) is -4.34. The van der Waals surface area contributed by atoms with Gasteiger partial charge in [-0.15, -0.1) is 0 Å². The van der Waals surface area contributed by atoms with Crippen molar-refractivity contribution in [3.8, 4) is 0 Å². The molecule has 0 saturated heterocycles. The van der Waals surface area contributed by atoms with E-state index in [2.05, 4.69) is 32.7 Å². The van der Waals surface area contributed by atoms with Crippen molar-refractivity contribution in [2.75, 3.05) is 0 Å². The van der Waals surface area contributed by atoms with Gasteiger partial charge >= 0.3 is 10.4 Å². The van der Waals surface area contributed by atoms with E-state index in [9.17, 15) is 8.42 Å². The minimum Gasteiger partial charge on any atom is -0.265 e. The summed E-state index contributed by atoms with van der Waals surface area (Å²) >= 11 is 0. The second-order valence-electron chi connectivity index (χ2n) is 12.2. The molecule has 0 radical (unpaired) electrons. The van der Waals surface area contributed by atoms with Gasteiger partial charge in [-0.25, -0.2) is 4.18 Å². The summed E-state index contributed by atoms with van der Waals surface area (Å²) in [5, 5.41) is 0. The predicted molar refractivity (Wildman–Crippen MR) is 135 cm³/mol. The van der Waals surface area contributed by atoms with Crippen molar-refractivity contribution in [1.29, 1.82) is 0 Å². The van der Waals surface area contributed by atoms with Crippen LogP contribution in [0.4, 0.5) is 0 Å². The fraction of sp³-hybridized carbons (Fsp3) is 0.821. The van der Waals surface area contributed by atoms with Crippen LogP contribution in [-0.2, 0) is 14.6 Å². The van der Waals surface area contributed by atoms with E-state index in [1.807, 2.05) is 18.2 Å². The van der Waals surface area contributed by atoms with Crippen LogP contribution in [0, 0.1) is 46.3 Å². The number of pyridine rings is 1. The van der Waals surface area contributed by atoms with Crippen LogP contribution in [0.5, 0.6) is 0 Å². The molecular formula is C28H45NO4S. The van der Waals surface area contributed by atoms with E-state index in [0.717, 1.165) is 48.9 Å². The van der Waals surface area contributed by atoms with Gasteiger partial charge < -0.3 is 0 Å². The van der Waals surface area contributed by atoms with Crippen molar-refractivity contribution in [2.24, 2.45) is 46.3 Å². The molecule has 4 aliphatic carbocycles. The Balaban J connectivity index is 0.000000398. The Morgan fingerprint density at radius 1 is 0.971 bits per heavy atom. The zero-order chi connectivity index (χ0) is 24.6. The summed E-state index contributed by atoms with van der Waals surface area (Å²) in [5.74, 6) is 4.79. The van der Waals surface area contributed by atoms with E-state index < -0.39 is 10.4 Å². The van der Waals surface area contributed by atoms with Crippen LogP contribution < -0.4 is 0 Å². The number of fused-ring (bicyclic) bond motifs is 5. The molecule has 4 fully saturated rings. The van der Waals surface area contributed by atoms with Crippen molar-refractivity contribution in [3.63, 3.8) is 0 Å². The molecule has 9 atom stereocenters. The van der Waals surface area contributed by atoms with Crippen LogP contribution >= 0.6 is 0 Å². The average molecular weight is 492 g/mol. The Kier molecular flexibility index (Phi) is 7.81. The molecule has 1 N–H and O–H groups in total. The van der Waals surface area contributed by atoms with Gasteiger partial charge in [0.2, 0.25) is 0 Å². The summed E-state index contributed by atoms with van der Waals surface area (Å²) in [5.41, 5.74) is 0.850. The van der Waals surface area contributed by atoms with E-state index in [0.29, 0.717) is 16.7 Å². The van der Waals surface area contributed by atoms with Crippen LogP contribution in [0.2, 0.25) is 0 Å². The normalized spacial score (nSPS) is 42.4. The Morgan fingerprint density at radius 3 is 2.24 bits per heavy atom. The molecular weight excluding hydrogens is 446 g/mol. The molecule has 0 aromatic carbocycles. The van der Waals surface area contributed by atoms with Crippen LogP contribution in [-0.4, -0.2) is 24.1 Å². The highest BCUT2D eigenvalue weighted by Gasteiger charge is 2.60. The van der Waals surface area contributed by atoms with Crippen molar-refractivity contribution in [3.05, 3.63) is 30.6 Å². The summed E-state index contributed by atoms with van der Waals surface area (Å²) in [6.45, 7) is 9.93. The van der Waals surface area contributed by atoms with Gasteiger partial charge in [0, 0.05) is 12.4 Å². The number of nitrogens with zero attached hydrogens (tertiary/aromatic N) is 1. The quantitative estimate of drug-likeness (QED) is 0.461. The first-order valence-electron chi connectivity index (χ1n) is 13.6. The summed E-state index contributed by atoms with van der Waals surface area (Å²) in [6.07, 6.45) is 15.1. The van der Waals surface area contributed by atoms with Crippen LogP contribution in [0.3, 0.4) is 0 Å². The molecule has 5 nitrogen and oxygen atoms in total. The van der Waals surface area contributed by atoms with Crippen LogP contribution in [0.25, 0.3) is 0 Å². The monoisotopic (exact) mass is 491 g/mol. The third-order valence-corrected chi connectivity index (χ3v) is 11.4. The summed E-state index contributed by atoms with van der Waals surface area (Å²) in [4.78, 5) is 3.78. The molecule has 0 spiro atoms. The first kappa shape index (κ1) is 26.1. The molecule has 0 bridgehead atoms. The fourth-order valence-electron chi connectivity index (χ4n) is 9.05. The molecule has 4 saturated carbocycles. The maximum Gasteiger partial charge on any atom is 0.397 e. The SMILES string of the molecule is CC[C@@H](C)[C@H]1CC[C@H]2[C@@H]3CC[C@@H]4C[C@H](OS(=O)(=O)O)CC[C@]4(C)[C@H]3CC[C@]12C.c1ccncc1. The molecule has 0 unspecified atom stereocenters. The van der Waals surface area contributed by atoms with Crippen molar-refractivity contribution in [1.82, 2.24) is 4.98 Å². The second kappa shape index (κ2) is 10.2. The molecule has 1 aromatic heterocycles. The molecule has 192 valence electrons. The minimum absolute atomic E-state index is 0.317. The Bertz CT molecular complexity index is 882. The number of hydrogen-bond donors (Lipinski definition) is 1. The maximum absolute atomic E-state index is 11.2. The van der Waals surface area contributed by atoms with Gasteiger partial charge in [-0.05, 0) is 116 Å². The zero-order valence-corrected chi connectivity index (χ0v) is 22.3. The summed E-state index contributed by atoms with van der Waals surface area (Å²) < 4.78 is 36.4. The van der Waals surface area contributed by atoms with Gasteiger partial charge in [-0.1, -0.05) is 40.2 Å². The lowest BCUT2D eigenvalue weighted by Crippen LogP contribution is -2.54. The topological polar surface area (TPSA) is 76.5 Å². The van der Waals surface area contributed by atoms with Gasteiger partial charge in [0.1, 0.15) is 0 Å². The van der Waals surface area contributed by atoms with E-state index in [1.54, 1.807) is 12.4 Å². The zero-order valence-electron chi connectivity index (χ0n) is 21.5. The first-order valence-corrected chi connectivity index (χ1v) is 15.0. The molecule has 0 amide bonds. The molecule has 4 aliphatic rings. The lowest BCUT2D eigenvalue weighted by molar-refractivity contribution is -0.126. The standard InChI is InChI=1S/C23H40O4S.C5H5N/c1-5-15(2)19-8-9-20-18-7-6-16-14-17(27-28(24,25)26)10-12-22(16,3)21(18)11-13-23(19,20)4;1-2-4-6-5-3-1/h15-21H,5-14H2,1-4H3,(H,24,25,26);1-5H/t15-,16-,17-,18+,19-,20+,21+,22+,23-;/m1./s1. The summed E-state index contributed by atoms with van der Waals surface area (Å²) in [6, 6.07) is 5.72. The molecule has 0 aliphatic heterocycles. The van der Waals surface area contributed by atoms with Gasteiger partial charge in [0.05, 0.1) is 6.10 Å². The van der Waals surface area contributed by atoms with Crippen molar-refractivity contribution < 1.29 is 17.2 Å². The Morgan fingerprint density at radius 2 is 1.65 bits per heavy atom. The lowest BCUT2D eigenvalue weighted by Gasteiger charge is -2.61. The smallest absolute Gasteiger partial charge is 0.265 e. The minimum atomic E-state index is -4.34. The molecule has 34 heavy (non-hydrogen) atoms. The van der Waals surface area contributed by atoms with Crippen LogP contribution in [0.1, 0.15) is 91.9 Å². The van der Waals surface area contributed by atoms with Gasteiger partial charge in [0.25, 0.3) is 0 Å². The third kappa shape index (κ3) is 5.10. The number of hydrogen-bond acceptors (Lipinski definition) is 4. The van der Waals surface area contributed by atoms with E-state index in [4.69, 9.17) is 8.74 Å².